The van der Waals surface area contributed by atoms with Crippen LogP contribution in [0.15, 0.2) is 54.6 Å². The predicted octanol–water partition coefficient (Wildman–Crippen LogP) is 5.56. The lowest BCUT2D eigenvalue weighted by molar-refractivity contribution is -0.128. The van der Waals surface area contributed by atoms with E-state index in [9.17, 15) is 9.59 Å². The number of piperazine rings is 1. The van der Waals surface area contributed by atoms with Crippen LogP contribution in [0.5, 0.6) is 0 Å². The van der Waals surface area contributed by atoms with E-state index >= 15 is 0 Å². The van der Waals surface area contributed by atoms with Crippen LogP contribution in [0.2, 0.25) is 0 Å². The number of aryl methyl sites for hydroxylation is 1. The molecule has 7 nitrogen and oxygen atoms in total. The highest BCUT2D eigenvalue weighted by atomic mass is 32.1. The molecule has 3 fully saturated rings. The smallest absolute Gasteiger partial charge is 0.262 e. The van der Waals surface area contributed by atoms with Gasteiger partial charge in [-0.2, -0.15) is 0 Å². The molecule has 2 N–H and O–H groups in total. The molecule has 236 valence electrons. The minimum absolute atomic E-state index is 0.0219. The number of hydrogen-bond acceptors (Lipinski definition) is 6. The van der Waals surface area contributed by atoms with Crippen LogP contribution in [0.4, 0.5) is 0 Å². The molecule has 2 saturated heterocycles. The third-order valence-corrected chi connectivity index (χ3v) is 11.0. The Labute approximate surface area is 266 Å². The maximum absolute atomic E-state index is 14.1. The average Bonchev–Trinajstić information content (AvgIpc) is 3.70. The fraction of sp³-hybridized carbons (Fsp3) is 0.556. The average molecular weight is 617 g/mol. The molecule has 8 heteroatoms. The molecule has 0 spiro atoms. The molecule has 0 unspecified atom stereocenters. The van der Waals surface area contributed by atoms with E-state index in [2.05, 4.69) is 69.8 Å². The van der Waals surface area contributed by atoms with Crippen molar-refractivity contribution in [3.63, 3.8) is 0 Å². The molecule has 1 saturated carbocycles. The van der Waals surface area contributed by atoms with E-state index in [0.717, 1.165) is 101 Å². The molecule has 3 heterocycles. The number of benzene rings is 2. The standard InChI is InChI=1S/C36H48N4O3S/c1-27-11-12-29-26-33(44-32(29)24-27)34(41)38-36(15-5-6-16-36)35(42)37-30(25-28-8-3-2-4-9-28)10-7-17-39-18-20-40(21-19-39)31-13-22-43-23-14-31/h2-4,8-9,11-12,24,26,30-31H,5-7,10,13-23,25H2,1H3,(H,37,42)(H,38,41)/t30-/m0/s1. The van der Waals surface area contributed by atoms with Crippen molar-refractivity contribution in [1.82, 2.24) is 20.4 Å². The van der Waals surface area contributed by atoms with Gasteiger partial charge in [0.05, 0.1) is 4.88 Å². The van der Waals surface area contributed by atoms with Crippen LogP contribution in [-0.2, 0) is 16.0 Å². The number of nitrogens with one attached hydrogen (secondary N) is 2. The van der Waals surface area contributed by atoms with Gasteiger partial charge in [0.1, 0.15) is 5.54 Å². The zero-order chi connectivity index (χ0) is 30.4. The maximum Gasteiger partial charge on any atom is 0.262 e. The first-order valence-electron chi connectivity index (χ1n) is 16.7. The largest absolute Gasteiger partial charge is 0.381 e. The Morgan fingerprint density at radius 3 is 2.50 bits per heavy atom. The van der Waals surface area contributed by atoms with Gasteiger partial charge in [-0.05, 0) is 87.1 Å². The van der Waals surface area contributed by atoms with Crippen molar-refractivity contribution in [2.24, 2.45) is 0 Å². The Hall–Kier alpha value is -2.78. The quantitative estimate of drug-likeness (QED) is 0.295. The first-order chi connectivity index (χ1) is 21.5. The van der Waals surface area contributed by atoms with Crippen LogP contribution in [0.1, 0.15) is 72.2 Å². The molecule has 6 rings (SSSR count). The fourth-order valence-electron chi connectivity index (χ4n) is 7.33. The Kier molecular flexibility index (Phi) is 10.3. The van der Waals surface area contributed by atoms with Crippen molar-refractivity contribution in [3.8, 4) is 0 Å². The number of ether oxygens (including phenoxy) is 1. The molecule has 2 amide bonds. The molecular weight excluding hydrogens is 568 g/mol. The third kappa shape index (κ3) is 7.71. The lowest BCUT2D eigenvalue weighted by atomic mass is 9.94. The second-order valence-corrected chi connectivity index (χ2v) is 14.2. The molecule has 0 radical (unpaired) electrons. The molecule has 1 atom stereocenters. The summed E-state index contributed by atoms with van der Waals surface area (Å²) < 4.78 is 6.67. The van der Waals surface area contributed by atoms with Crippen LogP contribution in [0, 0.1) is 6.92 Å². The molecule has 3 aliphatic rings. The number of thiophene rings is 1. The van der Waals surface area contributed by atoms with Crippen molar-refractivity contribution in [3.05, 3.63) is 70.6 Å². The Bertz CT molecular complexity index is 1390. The van der Waals surface area contributed by atoms with Gasteiger partial charge in [0.15, 0.2) is 0 Å². The SMILES string of the molecule is Cc1ccc2cc(C(=O)NC3(C(=O)N[C@@H](CCCN4CCN(C5CCOCC5)CC4)Cc4ccccc4)CCCC3)sc2c1. The maximum atomic E-state index is 14.1. The predicted molar refractivity (Wildman–Crippen MR) is 178 cm³/mol. The lowest BCUT2D eigenvalue weighted by Gasteiger charge is -2.40. The summed E-state index contributed by atoms with van der Waals surface area (Å²) in [6, 6.07) is 19.4. The Morgan fingerprint density at radius 1 is 1.00 bits per heavy atom. The first-order valence-corrected chi connectivity index (χ1v) is 17.5. The van der Waals surface area contributed by atoms with Crippen LogP contribution in [-0.4, -0.2) is 85.2 Å². The summed E-state index contributed by atoms with van der Waals surface area (Å²) in [5, 5.41) is 7.74. The minimum Gasteiger partial charge on any atom is -0.381 e. The van der Waals surface area contributed by atoms with Gasteiger partial charge in [0, 0.05) is 56.2 Å². The van der Waals surface area contributed by atoms with E-state index in [4.69, 9.17) is 4.74 Å². The normalized spacial score (nSPS) is 20.5. The number of rotatable bonds is 11. The van der Waals surface area contributed by atoms with E-state index in [1.807, 2.05) is 12.1 Å². The van der Waals surface area contributed by atoms with Gasteiger partial charge in [0.2, 0.25) is 5.91 Å². The summed E-state index contributed by atoms with van der Waals surface area (Å²) in [4.78, 5) is 33.5. The fourth-order valence-corrected chi connectivity index (χ4v) is 8.38. The van der Waals surface area contributed by atoms with Gasteiger partial charge in [-0.25, -0.2) is 0 Å². The van der Waals surface area contributed by atoms with Crippen molar-refractivity contribution in [2.75, 3.05) is 45.9 Å². The van der Waals surface area contributed by atoms with Crippen molar-refractivity contribution in [1.29, 1.82) is 0 Å². The highest BCUT2D eigenvalue weighted by Crippen LogP contribution is 2.32. The van der Waals surface area contributed by atoms with Gasteiger partial charge < -0.3 is 20.3 Å². The number of fused-ring (bicyclic) bond motifs is 1. The second-order valence-electron chi connectivity index (χ2n) is 13.1. The Morgan fingerprint density at radius 2 is 1.75 bits per heavy atom. The highest BCUT2D eigenvalue weighted by molar-refractivity contribution is 7.20. The minimum atomic E-state index is -0.849. The third-order valence-electron chi connectivity index (χ3n) is 9.95. The van der Waals surface area contributed by atoms with Gasteiger partial charge in [-0.3, -0.25) is 14.5 Å². The molecule has 0 bridgehead atoms. The molecule has 44 heavy (non-hydrogen) atoms. The number of nitrogens with zero attached hydrogens (tertiary/aromatic N) is 2. The van der Waals surface area contributed by atoms with Gasteiger partial charge >= 0.3 is 0 Å². The van der Waals surface area contributed by atoms with Gasteiger partial charge in [-0.1, -0.05) is 55.3 Å². The molecule has 2 aromatic carbocycles. The summed E-state index contributed by atoms with van der Waals surface area (Å²) in [7, 11) is 0. The summed E-state index contributed by atoms with van der Waals surface area (Å²) >= 11 is 1.50. The van der Waals surface area contributed by atoms with E-state index in [1.54, 1.807) is 0 Å². The zero-order valence-corrected chi connectivity index (χ0v) is 27.0. The Balaban J connectivity index is 1.07. The highest BCUT2D eigenvalue weighted by Gasteiger charge is 2.43. The summed E-state index contributed by atoms with van der Waals surface area (Å²) in [5.41, 5.74) is 1.56. The molecule has 1 aliphatic carbocycles. The van der Waals surface area contributed by atoms with Crippen LogP contribution in [0.25, 0.3) is 10.1 Å². The van der Waals surface area contributed by atoms with Crippen molar-refractivity contribution >= 4 is 33.2 Å². The molecular formula is C36H48N4O3S. The lowest BCUT2D eigenvalue weighted by Crippen LogP contribution is -2.59. The van der Waals surface area contributed by atoms with Crippen molar-refractivity contribution in [2.45, 2.75) is 82.3 Å². The zero-order valence-electron chi connectivity index (χ0n) is 26.2. The monoisotopic (exact) mass is 616 g/mol. The van der Waals surface area contributed by atoms with Gasteiger partial charge in [-0.15, -0.1) is 11.3 Å². The van der Waals surface area contributed by atoms with Gasteiger partial charge in [0.25, 0.3) is 5.91 Å². The van der Waals surface area contributed by atoms with E-state index in [-0.39, 0.29) is 17.9 Å². The number of carbonyl (C=O) groups excluding carboxylic acids is 2. The topological polar surface area (TPSA) is 73.9 Å². The second kappa shape index (κ2) is 14.5. The van der Waals surface area contributed by atoms with Crippen LogP contribution in [0.3, 0.4) is 0 Å². The van der Waals surface area contributed by atoms with Crippen molar-refractivity contribution < 1.29 is 14.3 Å². The van der Waals surface area contributed by atoms with E-state index < -0.39 is 5.54 Å². The van der Waals surface area contributed by atoms with Crippen LogP contribution >= 0.6 is 11.3 Å². The number of hydrogen-bond donors (Lipinski definition) is 2. The molecule has 1 aromatic heterocycles. The summed E-state index contributed by atoms with van der Waals surface area (Å²) in [6.45, 7) is 9.41. The van der Waals surface area contributed by atoms with Crippen LogP contribution < -0.4 is 10.6 Å². The molecule has 2 aliphatic heterocycles. The summed E-state index contributed by atoms with van der Waals surface area (Å²) in [5.74, 6) is -0.160. The van der Waals surface area contributed by atoms with E-state index in [1.165, 1.54) is 22.5 Å². The first kappa shape index (κ1) is 31.2. The number of amides is 2. The van der Waals surface area contributed by atoms with E-state index in [0.29, 0.717) is 23.8 Å². The number of carbonyl (C=O) groups is 2. The summed E-state index contributed by atoms with van der Waals surface area (Å²) in [6.07, 6.45) is 8.33. The molecule has 3 aromatic rings.